The van der Waals surface area contributed by atoms with E-state index in [9.17, 15) is 14.0 Å². The van der Waals surface area contributed by atoms with Crippen LogP contribution in [0.1, 0.15) is 43.0 Å². The molecule has 5 rings (SSSR count). The highest BCUT2D eigenvalue weighted by Gasteiger charge is 2.25. The molecule has 0 aliphatic carbocycles. The van der Waals surface area contributed by atoms with Crippen molar-refractivity contribution in [1.29, 1.82) is 0 Å². The lowest BCUT2D eigenvalue weighted by atomic mass is 9.91. The molecule has 0 amide bonds. The normalized spacial score (nSPS) is 17.7. The van der Waals surface area contributed by atoms with Gasteiger partial charge in [-0.2, -0.15) is 0 Å². The number of likely N-dealkylation sites (tertiary alicyclic amines) is 1. The van der Waals surface area contributed by atoms with Crippen LogP contribution in [0.3, 0.4) is 0 Å². The molecule has 3 aromatic rings. The number of hydrogen-bond acceptors (Lipinski definition) is 6. The molecule has 2 aromatic heterocycles. The first-order valence-corrected chi connectivity index (χ1v) is 11.4. The van der Waals surface area contributed by atoms with Gasteiger partial charge in [-0.25, -0.2) is 9.18 Å². The van der Waals surface area contributed by atoms with E-state index in [2.05, 4.69) is 15.4 Å². The predicted molar refractivity (Wildman–Crippen MR) is 118 cm³/mol. The van der Waals surface area contributed by atoms with Gasteiger partial charge < -0.3 is 14.7 Å². The van der Waals surface area contributed by atoms with E-state index in [1.807, 2.05) is 0 Å². The van der Waals surface area contributed by atoms with Crippen LogP contribution in [0.5, 0.6) is 0 Å². The third kappa shape index (κ3) is 4.14. The van der Waals surface area contributed by atoms with Gasteiger partial charge >= 0.3 is 5.69 Å². The minimum Gasteiger partial charge on any atom is -0.356 e. The maximum Gasteiger partial charge on any atom is 0.331 e. The largest absolute Gasteiger partial charge is 0.356 e. The Hall–Kier alpha value is -2.78. The number of halogens is 1. The van der Waals surface area contributed by atoms with E-state index in [1.54, 1.807) is 16.7 Å². The predicted octanol–water partition coefficient (Wildman–Crippen LogP) is 2.05. The lowest BCUT2D eigenvalue weighted by Crippen LogP contribution is -2.45. The fourth-order valence-corrected chi connectivity index (χ4v) is 4.92. The molecule has 1 aromatic carbocycles. The third-order valence-corrected chi connectivity index (χ3v) is 6.73. The second kappa shape index (κ2) is 8.99. The quantitative estimate of drug-likeness (QED) is 0.590. The Labute approximate surface area is 184 Å². The van der Waals surface area contributed by atoms with Crippen LogP contribution in [-0.2, 0) is 19.6 Å². The molecular weight excluding hydrogens is 413 g/mol. The molecule has 0 radical (unpaired) electrons. The standard InChI is InChI=1S/C23H28FN5O3/c24-17-3-4-19-20(13-17)32-26-22(19)16-5-10-27(11-6-16)8-1-2-9-29-21(30)14-18-15-25-7-12-28(18)23(29)31/h3-4,13-14,16,25H,1-2,5-12,15H2. The summed E-state index contributed by atoms with van der Waals surface area (Å²) in [5.41, 5.74) is 1.82. The molecule has 1 N–H and O–H groups in total. The van der Waals surface area contributed by atoms with Gasteiger partial charge in [0.25, 0.3) is 5.56 Å². The SMILES string of the molecule is O=c1cc2n(c(=O)n1CCCCN1CCC(c3noc4cc(F)ccc34)CC1)CCNC2. The van der Waals surface area contributed by atoms with E-state index in [0.29, 0.717) is 31.1 Å². The molecule has 1 saturated heterocycles. The van der Waals surface area contributed by atoms with Gasteiger partial charge in [-0.15, -0.1) is 0 Å². The molecule has 170 valence electrons. The van der Waals surface area contributed by atoms with Gasteiger partial charge in [0.15, 0.2) is 5.58 Å². The molecule has 2 aliphatic rings. The van der Waals surface area contributed by atoms with Crippen LogP contribution in [0.4, 0.5) is 4.39 Å². The molecule has 4 heterocycles. The Bertz CT molecular complexity index is 1220. The molecular formula is C23H28FN5O3. The summed E-state index contributed by atoms with van der Waals surface area (Å²) in [6.07, 6.45) is 3.70. The Kier molecular flexibility index (Phi) is 5.93. The topological polar surface area (TPSA) is 85.3 Å². The molecule has 0 spiro atoms. The highest BCUT2D eigenvalue weighted by atomic mass is 19.1. The van der Waals surface area contributed by atoms with Crippen molar-refractivity contribution < 1.29 is 8.91 Å². The van der Waals surface area contributed by atoms with Gasteiger partial charge in [-0.3, -0.25) is 13.9 Å². The van der Waals surface area contributed by atoms with E-state index in [-0.39, 0.29) is 17.1 Å². The van der Waals surface area contributed by atoms with E-state index in [4.69, 9.17) is 4.52 Å². The molecule has 0 unspecified atom stereocenters. The highest BCUT2D eigenvalue weighted by Crippen LogP contribution is 2.32. The average Bonchev–Trinajstić information content (AvgIpc) is 3.22. The van der Waals surface area contributed by atoms with Gasteiger partial charge in [-0.05, 0) is 57.5 Å². The number of aromatic nitrogens is 3. The Morgan fingerprint density at radius 3 is 2.75 bits per heavy atom. The van der Waals surface area contributed by atoms with Gasteiger partial charge in [0.1, 0.15) is 5.82 Å². The second-order valence-electron chi connectivity index (χ2n) is 8.77. The molecule has 1 fully saturated rings. The number of unbranched alkanes of at least 4 members (excludes halogenated alkanes) is 1. The van der Waals surface area contributed by atoms with E-state index < -0.39 is 0 Å². The summed E-state index contributed by atoms with van der Waals surface area (Å²) in [5.74, 6) is 0.00828. The van der Waals surface area contributed by atoms with Gasteiger partial charge in [0.05, 0.1) is 5.69 Å². The zero-order valence-corrected chi connectivity index (χ0v) is 18.1. The summed E-state index contributed by atoms with van der Waals surface area (Å²) in [7, 11) is 0. The zero-order chi connectivity index (χ0) is 22.1. The second-order valence-corrected chi connectivity index (χ2v) is 8.77. The summed E-state index contributed by atoms with van der Waals surface area (Å²) in [4.78, 5) is 27.4. The zero-order valence-electron chi connectivity index (χ0n) is 18.1. The number of benzene rings is 1. The molecule has 9 heteroatoms. The minimum atomic E-state index is -0.313. The smallest absolute Gasteiger partial charge is 0.331 e. The van der Waals surface area contributed by atoms with Crippen molar-refractivity contribution >= 4 is 11.0 Å². The summed E-state index contributed by atoms with van der Waals surface area (Å²) in [5, 5.41) is 8.31. The van der Waals surface area contributed by atoms with Crippen molar-refractivity contribution in [1.82, 2.24) is 24.5 Å². The lowest BCUT2D eigenvalue weighted by molar-refractivity contribution is 0.204. The molecule has 32 heavy (non-hydrogen) atoms. The van der Waals surface area contributed by atoms with Crippen LogP contribution in [0.25, 0.3) is 11.0 Å². The van der Waals surface area contributed by atoms with E-state index in [1.165, 1.54) is 16.7 Å². The van der Waals surface area contributed by atoms with Crippen LogP contribution in [0, 0.1) is 5.82 Å². The third-order valence-electron chi connectivity index (χ3n) is 6.73. The number of piperidine rings is 1. The van der Waals surface area contributed by atoms with Crippen molar-refractivity contribution in [3.63, 3.8) is 0 Å². The first-order chi connectivity index (χ1) is 15.6. The van der Waals surface area contributed by atoms with E-state index in [0.717, 1.165) is 68.6 Å². The number of nitrogens with one attached hydrogen (secondary N) is 1. The average molecular weight is 442 g/mol. The summed E-state index contributed by atoms with van der Waals surface area (Å²) < 4.78 is 21.8. The van der Waals surface area contributed by atoms with Crippen molar-refractivity contribution in [2.24, 2.45) is 0 Å². The van der Waals surface area contributed by atoms with Crippen LogP contribution >= 0.6 is 0 Å². The number of nitrogens with zero attached hydrogens (tertiary/aromatic N) is 4. The Balaban J connectivity index is 1.12. The van der Waals surface area contributed by atoms with Crippen molar-refractivity contribution in [3.05, 3.63) is 62.3 Å². The Morgan fingerprint density at radius 1 is 1.09 bits per heavy atom. The van der Waals surface area contributed by atoms with Gasteiger partial charge in [0.2, 0.25) is 0 Å². The van der Waals surface area contributed by atoms with Crippen molar-refractivity contribution in [2.75, 3.05) is 26.2 Å². The molecule has 0 saturated carbocycles. The molecule has 0 atom stereocenters. The Morgan fingerprint density at radius 2 is 1.91 bits per heavy atom. The maximum atomic E-state index is 13.4. The summed E-state index contributed by atoms with van der Waals surface area (Å²) in [6, 6.07) is 6.18. The van der Waals surface area contributed by atoms with Crippen LogP contribution in [0.15, 0.2) is 38.4 Å². The summed E-state index contributed by atoms with van der Waals surface area (Å²) in [6.45, 7) is 5.28. The minimum absolute atomic E-state index is 0.186. The highest BCUT2D eigenvalue weighted by molar-refractivity contribution is 5.79. The van der Waals surface area contributed by atoms with Crippen molar-refractivity contribution in [2.45, 2.75) is 51.2 Å². The molecule has 2 aliphatic heterocycles. The van der Waals surface area contributed by atoms with Gasteiger partial charge in [-0.1, -0.05) is 5.16 Å². The van der Waals surface area contributed by atoms with Crippen LogP contribution in [-0.4, -0.2) is 45.4 Å². The van der Waals surface area contributed by atoms with Gasteiger partial charge in [0, 0.05) is 55.3 Å². The van der Waals surface area contributed by atoms with Crippen LogP contribution in [0.2, 0.25) is 0 Å². The number of fused-ring (bicyclic) bond motifs is 2. The number of rotatable bonds is 6. The van der Waals surface area contributed by atoms with Crippen LogP contribution < -0.4 is 16.6 Å². The molecule has 8 nitrogen and oxygen atoms in total. The maximum absolute atomic E-state index is 13.4. The first kappa shape index (κ1) is 21.1. The van der Waals surface area contributed by atoms with Crippen molar-refractivity contribution in [3.8, 4) is 0 Å². The van der Waals surface area contributed by atoms with E-state index >= 15 is 0 Å². The molecule has 0 bridgehead atoms. The first-order valence-electron chi connectivity index (χ1n) is 11.4. The summed E-state index contributed by atoms with van der Waals surface area (Å²) >= 11 is 0. The lowest BCUT2D eigenvalue weighted by Gasteiger charge is -2.31. The fraction of sp³-hybridized carbons (Fsp3) is 0.522. The monoisotopic (exact) mass is 441 g/mol. The number of hydrogen-bond donors (Lipinski definition) is 1. The fourth-order valence-electron chi connectivity index (χ4n) is 4.92.